The van der Waals surface area contributed by atoms with Crippen LogP contribution in [0.15, 0.2) is 53.0 Å². The van der Waals surface area contributed by atoms with E-state index in [2.05, 4.69) is 52.4 Å². The molecule has 3 heteroatoms. The van der Waals surface area contributed by atoms with Gasteiger partial charge in [-0.25, -0.2) is 0 Å². The van der Waals surface area contributed by atoms with Crippen LogP contribution in [0.1, 0.15) is 24.1 Å². The number of aliphatic hydroxyl groups is 1. The molecule has 0 spiro atoms. The third kappa shape index (κ3) is 3.82. The highest BCUT2D eigenvalue weighted by atomic mass is 79.9. The summed E-state index contributed by atoms with van der Waals surface area (Å²) in [5.74, 6) is 0. The van der Waals surface area contributed by atoms with Gasteiger partial charge in [-0.2, -0.15) is 0 Å². The summed E-state index contributed by atoms with van der Waals surface area (Å²) in [6.45, 7) is 2.21. The van der Waals surface area contributed by atoms with Gasteiger partial charge in [0, 0.05) is 10.2 Å². The molecule has 0 aliphatic carbocycles. The van der Waals surface area contributed by atoms with Crippen molar-refractivity contribution in [3.63, 3.8) is 0 Å². The first kappa shape index (κ1) is 14.1. The van der Waals surface area contributed by atoms with Crippen LogP contribution >= 0.6 is 15.9 Å². The summed E-state index contributed by atoms with van der Waals surface area (Å²) in [7, 11) is 0. The van der Waals surface area contributed by atoms with Gasteiger partial charge in [0.25, 0.3) is 0 Å². The first-order chi connectivity index (χ1) is 9.22. The Morgan fingerprint density at radius 2 is 1.68 bits per heavy atom. The van der Waals surface area contributed by atoms with Crippen molar-refractivity contribution >= 4 is 21.6 Å². The van der Waals surface area contributed by atoms with Crippen LogP contribution in [0.4, 0.5) is 5.69 Å². The third-order valence-corrected chi connectivity index (χ3v) is 3.69. The van der Waals surface area contributed by atoms with Crippen molar-refractivity contribution in [1.29, 1.82) is 0 Å². The molecular formula is C16H18BrNO. The Hall–Kier alpha value is -1.32. The van der Waals surface area contributed by atoms with E-state index in [1.165, 1.54) is 5.56 Å². The number of aliphatic hydroxyl groups excluding tert-OH is 1. The van der Waals surface area contributed by atoms with Crippen LogP contribution in [0.5, 0.6) is 0 Å². The molecule has 0 heterocycles. The molecule has 19 heavy (non-hydrogen) atoms. The highest BCUT2D eigenvalue weighted by Crippen LogP contribution is 2.21. The molecule has 0 amide bonds. The Morgan fingerprint density at radius 3 is 2.21 bits per heavy atom. The van der Waals surface area contributed by atoms with Gasteiger partial charge in [-0.3, -0.25) is 0 Å². The van der Waals surface area contributed by atoms with Gasteiger partial charge in [0.15, 0.2) is 0 Å². The molecule has 0 aromatic heterocycles. The number of hydrogen-bond acceptors (Lipinski definition) is 2. The molecule has 0 bridgehead atoms. The fourth-order valence-electron chi connectivity index (χ4n) is 1.97. The zero-order chi connectivity index (χ0) is 13.7. The maximum absolute atomic E-state index is 9.55. The lowest BCUT2D eigenvalue weighted by atomic mass is 10.0. The van der Waals surface area contributed by atoms with Crippen molar-refractivity contribution in [2.45, 2.75) is 19.4 Å². The van der Waals surface area contributed by atoms with Gasteiger partial charge in [-0.15, -0.1) is 0 Å². The number of rotatable bonds is 5. The van der Waals surface area contributed by atoms with Crippen LogP contribution in [0.3, 0.4) is 0 Å². The summed E-state index contributed by atoms with van der Waals surface area (Å²) in [4.78, 5) is 0. The summed E-state index contributed by atoms with van der Waals surface area (Å²) in [5, 5.41) is 12.9. The Morgan fingerprint density at radius 1 is 1.05 bits per heavy atom. The second-order valence-corrected chi connectivity index (χ2v) is 5.40. The van der Waals surface area contributed by atoms with E-state index in [1.54, 1.807) is 0 Å². The first-order valence-corrected chi connectivity index (χ1v) is 7.24. The SMILES string of the molecule is CCc1ccc(C(CO)Nc2ccc(Br)cc2)cc1. The molecule has 0 aliphatic rings. The quantitative estimate of drug-likeness (QED) is 0.867. The lowest BCUT2D eigenvalue weighted by Gasteiger charge is -2.18. The minimum absolute atomic E-state index is 0.0710. The van der Waals surface area contributed by atoms with E-state index in [9.17, 15) is 5.11 Å². The minimum atomic E-state index is -0.0768. The fourth-order valence-corrected chi connectivity index (χ4v) is 2.23. The molecule has 1 unspecified atom stereocenters. The standard InChI is InChI=1S/C16H18BrNO/c1-2-12-3-5-13(6-4-12)16(11-19)18-15-9-7-14(17)8-10-15/h3-10,16,18-19H,2,11H2,1H3. The highest BCUT2D eigenvalue weighted by Gasteiger charge is 2.09. The number of hydrogen-bond donors (Lipinski definition) is 2. The van der Waals surface area contributed by atoms with Crippen molar-refractivity contribution in [3.05, 3.63) is 64.1 Å². The van der Waals surface area contributed by atoms with E-state index in [4.69, 9.17) is 0 Å². The Kier molecular flexibility index (Phi) is 5.00. The van der Waals surface area contributed by atoms with Crippen molar-refractivity contribution < 1.29 is 5.11 Å². The summed E-state index contributed by atoms with van der Waals surface area (Å²) in [5.41, 5.74) is 3.41. The molecule has 0 saturated carbocycles. The van der Waals surface area contributed by atoms with Crippen LogP contribution in [0.2, 0.25) is 0 Å². The number of halogens is 1. The molecule has 0 aliphatic heterocycles. The van der Waals surface area contributed by atoms with Gasteiger partial charge < -0.3 is 10.4 Å². The molecule has 100 valence electrons. The predicted octanol–water partition coefficient (Wildman–Crippen LogP) is 4.16. The summed E-state index contributed by atoms with van der Waals surface area (Å²) in [6, 6.07) is 16.3. The monoisotopic (exact) mass is 319 g/mol. The smallest absolute Gasteiger partial charge is 0.0745 e. The van der Waals surface area contributed by atoms with Gasteiger partial charge >= 0.3 is 0 Å². The van der Waals surface area contributed by atoms with E-state index < -0.39 is 0 Å². The lowest BCUT2D eigenvalue weighted by molar-refractivity contribution is 0.276. The molecule has 1 atom stereocenters. The summed E-state index contributed by atoms with van der Waals surface area (Å²) < 4.78 is 1.05. The maximum Gasteiger partial charge on any atom is 0.0745 e. The number of benzene rings is 2. The zero-order valence-electron chi connectivity index (χ0n) is 10.9. The molecule has 0 radical (unpaired) electrons. The van der Waals surface area contributed by atoms with Gasteiger partial charge in [-0.05, 0) is 41.8 Å². The van der Waals surface area contributed by atoms with Crippen LogP contribution in [-0.4, -0.2) is 11.7 Å². The van der Waals surface area contributed by atoms with Gasteiger partial charge in [-0.1, -0.05) is 47.1 Å². The van der Waals surface area contributed by atoms with Crippen molar-refractivity contribution in [2.75, 3.05) is 11.9 Å². The number of nitrogens with one attached hydrogen (secondary N) is 1. The maximum atomic E-state index is 9.55. The molecule has 0 fully saturated rings. The zero-order valence-corrected chi connectivity index (χ0v) is 12.5. The molecule has 2 aromatic carbocycles. The van der Waals surface area contributed by atoms with Crippen LogP contribution < -0.4 is 5.32 Å². The molecule has 2 rings (SSSR count). The van der Waals surface area contributed by atoms with E-state index in [0.29, 0.717) is 0 Å². The Balaban J connectivity index is 2.12. The average Bonchev–Trinajstić information content (AvgIpc) is 2.47. The second kappa shape index (κ2) is 6.73. The normalized spacial score (nSPS) is 12.2. The van der Waals surface area contributed by atoms with Gasteiger partial charge in [0.2, 0.25) is 0 Å². The topological polar surface area (TPSA) is 32.3 Å². The Labute approximate surface area is 122 Å². The van der Waals surface area contributed by atoms with Crippen molar-refractivity contribution in [3.8, 4) is 0 Å². The molecule has 2 aromatic rings. The molecule has 2 nitrogen and oxygen atoms in total. The van der Waals surface area contributed by atoms with Crippen LogP contribution in [0, 0.1) is 0 Å². The van der Waals surface area contributed by atoms with Crippen LogP contribution in [0.25, 0.3) is 0 Å². The third-order valence-electron chi connectivity index (χ3n) is 3.16. The Bertz CT molecular complexity index is 507. The van der Waals surface area contributed by atoms with E-state index in [-0.39, 0.29) is 12.6 Å². The molecule has 2 N–H and O–H groups in total. The largest absolute Gasteiger partial charge is 0.394 e. The van der Waals surface area contributed by atoms with Gasteiger partial charge in [0.1, 0.15) is 0 Å². The van der Waals surface area contributed by atoms with Crippen molar-refractivity contribution in [2.24, 2.45) is 0 Å². The first-order valence-electron chi connectivity index (χ1n) is 6.44. The highest BCUT2D eigenvalue weighted by molar-refractivity contribution is 9.10. The predicted molar refractivity (Wildman–Crippen MR) is 83.4 cm³/mol. The van der Waals surface area contributed by atoms with E-state index in [1.807, 2.05) is 24.3 Å². The lowest BCUT2D eigenvalue weighted by Crippen LogP contribution is -2.14. The van der Waals surface area contributed by atoms with Gasteiger partial charge in [0.05, 0.1) is 12.6 Å². The molecular weight excluding hydrogens is 302 g/mol. The number of anilines is 1. The van der Waals surface area contributed by atoms with Crippen molar-refractivity contribution in [1.82, 2.24) is 0 Å². The minimum Gasteiger partial charge on any atom is -0.394 e. The fraction of sp³-hybridized carbons (Fsp3) is 0.250. The summed E-state index contributed by atoms with van der Waals surface area (Å²) in [6.07, 6.45) is 1.03. The van der Waals surface area contributed by atoms with E-state index >= 15 is 0 Å². The van der Waals surface area contributed by atoms with Crippen LogP contribution in [-0.2, 0) is 6.42 Å². The molecule has 0 saturated heterocycles. The summed E-state index contributed by atoms with van der Waals surface area (Å²) >= 11 is 3.41. The average molecular weight is 320 g/mol. The second-order valence-electron chi connectivity index (χ2n) is 4.48. The number of aryl methyl sites for hydroxylation is 1. The van der Waals surface area contributed by atoms with E-state index in [0.717, 1.165) is 22.1 Å².